The van der Waals surface area contributed by atoms with Crippen LogP contribution in [0.4, 0.5) is 0 Å². The molecular weight excluding hydrogens is 215 g/mol. The van der Waals surface area contributed by atoms with Crippen LogP contribution in [0.25, 0.3) is 0 Å². The van der Waals surface area contributed by atoms with Crippen LogP contribution in [-0.4, -0.2) is 32.1 Å². The molecule has 0 radical (unpaired) electrons. The van der Waals surface area contributed by atoms with Gasteiger partial charge in [0.1, 0.15) is 6.29 Å². The summed E-state index contributed by atoms with van der Waals surface area (Å²) in [7, 11) is 0. The summed E-state index contributed by atoms with van der Waals surface area (Å²) in [5.41, 5.74) is 0.729. The van der Waals surface area contributed by atoms with Gasteiger partial charge < -0.3 is 0 Å². The fraction of sp³-hybridized carbons (Fsp3) is 0. The summed E-state index contributed by atoms with van der Waals surface area (Å²) in [6.45, 7) is 0. The molecule has 0 saturated heterocycles. The molecule has 0 aromatic heterocycles. The van der Waals surface area contributed by atoms with Crippen molar-refractivity contribution in [1.29, 1.82) is 0 Å². The van der Waals surface area contributed by atoms with Crippen molar-refractivity contribution < 1.29 is 4.79 Å². The number of benzene rings is 1. The van der Waals surface area contributed by atoms with Gasteiger partial charge >= 0.3 is 25.8 Å². The fourth-order valence-electron chi connectivity index (χ4n) is 0.532. The molecule has 1 aromatic carbocycles. The molecule has 2 heteroatoms. The first kappa shape index (κ1) is 8.76. The average Bonchev–Trinajstić information content (AvgIpc) is 1.90. The molecule has 46 valence electrons. The van der Waals surface area contributed by atoms with Crippen molar-refractivity contribution in [3.8, 4) is 0 Å². The number of aldehydes is 1. The van der Waals surface area contributed by atoms with Crippen molar-refractivity contribution in [2.45, 2.75) is 0 Å². The van der Waals surface area contributed by atoms with Crippen molar-refractivity contribution >= 4 is 32.1 Å². The van der Waals surface area contributed by atoms with Crippen LogP contribution in [0.1, 0.15) is 10.4 Å². The molecule has 0 spiro atoms. The van der Waals surface area contributed by atoms with Crippen molar-refractivity contribution in [2.24, 2.45) is 0 Å². The number of hydrogen-bond donors (Lipinski definition) is 0. The molecule has 0 fully saturated rings. The van der Waals surface area contributed by atoms with Crippen molar-refractivity contribution in [3.63, 3.8) is 0 Å². The van der Waals surface area contributed by atoms with Crippen LogP contribution in [0, 0.1) is 0 Å². The minimum atomic E-state index is 0. The molecular formula is C7H9InO. The zero-order valence-electron chi connectivity index (χ0n) is 4.37. The summed E-state index contributed by atoms with van der Waals surface area (Å²) in [5, 5.41) is 0. The van der Waals surface area contributed by atoms with Crippen LogP contribution in [0.2, 0.25) is 0 Å². The third kappa shape index (κ3) is 2.70. The van der Waals surface area contributed by atoms with Gasteiger partial charge in [-0.15, -0.1) is 0 Å². The van der Waals surface area contributed by atoms with E-state index in [4.69, 9.17) is 0 Å². The maximum absolute atomic E-state index is 10.0. The van der Waals surface area contributed by atoms with Gasteiger partial charge in [0.2, 0.25) is 0 Å². The van der Waals surface area contributed by atoms with Gasteiger partial charge in [0, 0.05) is 5.56 Å². The summed E-state index contributed by atoms with van der Waals surface area (Å²) in [5.74, 6) is 0. The first-order valence-corrected chi connectivity index (χ1v) is 2.44. The Bertz CT molecular complexity index is 172. The molecule has 9 heavy (non-hydrogen) atoms. The van der Waals surface area contributed by atoms with Gasteiger partial charge in [-0.1, -0.05) is 30.3 Å². The van der Waals surface area contributed by atoms with E-state index in [2.05, 4.69) is 0 Å². The predicted molar refractivity (Wildman–Crippen MR) is 41.8 cm³/mol. The molecule has 1 aromatic rings. The summed E-state index contributed by atoms with van der Waals surface area (Å²) in [6, 6.07) is 9.10. The van der Waals surface area contributed by atoms with Crippen LogP contribution in [-0.2, 0) is 0 Å². The van der Waals surface area contributed by atoms with E-state index in [1.165, 1.54) is 0 Å². The quantitative estimate of drug-likeness (QED) is 0.627. The van der Waals surface area contributed by atoms with E-state index >= 15 is 0 Å². The Morgan fingerprint density at radius 1 is 1.11 bits per heavy atom. The Labute approximate surface area is 72.9 Å². The topological polar surface area (TPSA) is 17.1 Å². The van der Waals surface area contributed by atoms with E-state index in [-0.39, 0.29) is 25.8 Å². The molecule has 0 aliphatic rings. The van der Waals surface area contributed by atoms with Crippen molar-refractivity contribution in [2.75, 3.05) is 0 Å². The monoisotopic (exact) mass is 224 g/mol. The Morgan fingerprint density at radius 2 is 1.67 bits per heavy atom. The van der Waals surface area contributed by atoms with Gasteiger partial charge in [-0.05, 0) is 0 Å². The molecule has 0 amide bonds. The zero-order valence-corrected chi connectivity index (χ0v) is 4.37. The summed E-state index contributed by atoms with van der Waals surface area (Å²) in [4.78, 5) is 10.0. The van der Waals surface area contributed by atoms with E-state index in [1.54, 1.807) is 12.1 Å². The summed E-state index contributed by atoms with van der Waals surface area (Å²) >= 11 is 0. The third-order valence-electron chi connectivity index (χ3n) is 0.936. The van der Waals surface area contributed by atoms with E-state index in [9.17, 15) is 4.79 Å². The molecule has 0 saturated carbocycles. The normalized spacial score (nSPS) is 7.56. The predicted octanol–water partition coefficient (Wildman–Crippen LogP) is 0.315. The van der Waals surface area contributed by atoms with Gasteiger partial charge in [0.15, 0.2) is 0 Å². The van der Waals surface area contributed by atoms with Gasteiger partial charge in [0.05, 0.1) is 0 Å². The zero-order chi connectivity index (χ0) is 5.82. The Morgan fingerprint density at radius 3 is 2.00 bits per heavy atom. The Kier molecular flexibility index (Phi) is 4.50. The first-order chi connectivity index (χ1) is 3.93. The molecule has 0 unspecified atom stereocenters. The molecule has 0 bridgehead atoms. The number of carbonyl (C=O) groups excluding carboxylic acids is 1. The molecule has 0 aliphatic heterocycles. The first-order valence-electron chi connectivity index (χ1n) is 2.44. The van der Waals surface area contributed by atoms with E-state index in [0.29, 0.717) is 0 Å². The van der Waals surface area contributed by atoms with Crippen LogP contribution < -0.4 is 0 Å². The van der Waals surface area contributed by atoms with Crippen LogP contribution >= 0.6 is 0 Å². The van der Waals surface area contributed by atoms with Gasteiger partial charge in [-0.2, -0.15) is 0 Å². The van der Waals surface area contributed by atoms with Crippen LogP contribution in [0.3, 0.4) is 0 Å². The number of carbonyl (C=O) groups is 1. The van der Waals surface area contributed by atoms with E-state index in [0.717, 1.165) is 11.8 Å². The third-order valence-corrected chi connectivity index (χ3v) is 0.936. The van der Waals surface area contributed by atoms with Crippen molar-refractivity contribution in [1.82, 2.24) is 0 Å². The Hall–Kier alpha value is -0.240. The second kappa shape index (κ2) is 4.62. The van der Waals surface area contributed by atoms with Crippen LogP contribution in [0.5, 0.6) is 0 Å². The standard InChI is InChI=1S/C7H6O.In.3H/c8-6-7-4-2-1-3-5-7;;;;/h1-6H;;;;. The molecule has 0 aliphatic carbocycles. The molecule has 0 atom stereocenters. The Balaban J connectivity index is 0.000000640. The maximum atomic E-state index is 10.0. The molecule has 0 heterocycles. The minimum absolute atomic E-state index is 0. The van der Waals surface area contributed by atoms with Crippen molar-refractivity contribution in [3.05, 3.63) is 35.9 Å². The fourth-order valence-corrected chi connectivity index (χ4v) is 0.532. The average molecular weight is 224 g/mol. The van der Waals surface area contributed by atoms with E-state index < -0.39 is 0 Å². The second-order valence-electron chi connectivity index (χ2n) is 1.53. The molecule has 0 N–H and O–H groups in total. The second-order valence-corrected chi connectivity index (χ2v) is 1.53. The van der Waals surface area contributed by atoms with Gasteiger partial charge in [0.25, 0.3) is 0 Å². The number of hydrogen-bond acceptors (Lipinski definition) is 1. The summed E-state index contributed by atoms with van der Waals surface area (Å²) < 4.78 is 0. The SMILES string of the molecule is O=Cc1ccccc1.[InH3]. The summed E-state index contributed by atoms with van der Waals surface area (Å²) in [6.07, 6.45) is 0.833. The molecule has 1 rings (SSSR count). The van der Waals surface area contributed by atoms with Crippen LogP contribution in [0.15, 0.2) is 30.3 Å². The number of rotatable bonds is 1. The van der Waals surface area contributed by atoms with Gasteiger partial charge in [-0.3, -0.25) is 4.79 Å². The van der Waals surface area contributed by atoms with E-state index in [1.807, 2.05) is 18.2 Å². The van der Waals surface area contributed by atoms with Gasteiger partial charge in [-0.25, -0.2) is 0 Å². The molecule has 1 nitrogen and oxygen atoms in total.